The zero-order valence-electron chi connectivity index (χ0n) is 9.19. The molecular formula is C13H10N2O2. The Balaban J connectivity index is 2.55. The lowest BCUT2D eigenvalue weighted by atomic mass is 10.1. The maximum atomic E-state index is 11.5. The summed E-state index contributed by atoms with van der Waals surface area (Å²) >= 11 is 0. The van der Waals surface area contributed by atoms with E-state index >= 15 is 0 Å². The zero-order chi connectivity index (χ0) is 12.0. The first-order valence-electron chi connectivity index (χ1n) is 5.28. The molecule has 4 nitrogen and oxygen atoms in total. The number of aromatic hydroxyl groups is 1. The fourth-order valence-electron chi connectivity index (χ4n) is 2.10. The predicted octanol–water partition coefficient (Wildman–Crippen LogP) is 2.62. The molecule has 0 radical (unpaired) electrons. The average Bonchev–Trinajstić information content (AvgIpc) is 2.69. The van der Waals surface area contributed by atoms with Gasteiger partial charge in [0.15, 0.2) is 5.78 Å². The van der Waals surface area contributed by atoms with E-state index < -0.39 is 0 Å². The zero-order valence-corrected chi connectivity index (χ0v) is 9.19. The van der Waals surface area contributed by atoms with E-state index in [4.69, 9.17) is 0 Å². The highest BCUT2D eigenvalue weighted by Gasteiger charge is 2.13. The number of pyridine rings is 1. The first-order chi connectivity index (χ1) is 8.18. The highest BCUT2D eigenvalue weighted by Crippen LogP contribution is 2.31. The van der Waals surface area contributed by atoms with Gasteiger partial charge in [0.2, 0.25) is 0 Å². The van der Waals surface area contributed by atoms with Crippen LogP contribution in [0, 0.1) is 0 Å². The number of rotatable bonds is 1. The molecule has 2 aromatic heterocycles. The molecule has 0 aliphatic carbocycles. The number of aromatic nitrogens is 2. The van der Waals surface area contributed by atoms with Gasteiger partial charge in [0, 0.05) is 23.9 Å². The molecule has 0 aliphatic rings. The Labute approximate surface area is 96.9 Å². The molecule has 3 rings (SSSR count). The monoisotopic (exact) mass is 226 g/mol. The SMILES string of the molecule is CC(=O)c1nccc2c1[nH]c1c(O)cccc12. The Morgan fingerprint density at radius 3 is 2.76 bits per heavy atom. The number of phenols is 1. The Hall–Kier alpha value is -2.36. The van der Waals surface area contributed by atoms with E-state index in [0.717, 1.165) is 10.8 Å². The number of hydrogen-bond acceptors (Lipinski definition) is 3. The van der Waals surface area contributed by atoms with Crippen LogP contribution in [0.3, 0.4) is 0 Å². The van der Waals surface area contributed by atoms with Crippen molar-refractivity contribution in [1.29, 1.82) is 0 Å². The van der Waals surface area contributed by atoms with E-state index in [2.05, 4.69) is 9.97 Å². The van der Waals surface area contributed by atoms with Crippen molar-refractivity contribution in [3.05, 3.63) is 36.2 Å². The summed E-state index contributed by atoms with van der Waals surface area (Å²) in [5.41, 5.74) is 1.72. The van der Waals surface area contributed by atoms with Crippen molar-refractivity contribution < 1.29 is 9.90 Å². The third-order valence-corrected chi connectivity index (χ3v) is 2.87. The van der Waals surface area contributed by atoms with Gasteiger partial charge in [-0.05, 0) is 12.1 Å². The molecule has 3 aromatic rings. The summed E-state index contributed by atoms with van der Waals surface area (Å²) in [6, 6.07) is 7.12. The summed E-state index contributed by atoms with van der Waals surface area (Å²) in [6.45, 7) is 1.48. The van der Waals surface area contributed by atoms with Crippen LogP contribution in [-0.2, 0) is 0 Å². The lowest BCUT2D eigenvalue weighted by Gasteiger charge is -1.95. The standard InChI is InChI=1S/C13H10N2O2/c1-7(16)11-13-9(5-6-14-11)8-3-2-4-10(17)12(8)15-13/h2-6,15,17H,1H3. The molecule has 0 spiro atoms. The van der Waals surface area contributed by atoms with Crippen molar-refractivity contribution in [2.45, 2.75) is 6.92 Å². The summed E-state index contributed by atoms with van der Waals surface area (Å²) in [7, 11) is 0. The van der Waals surface area contributed by atoms with E-state index in [1.54, 1.807) is 18.3 Å². The molecule has 0 atom stereocenters. The number of hydrogen-bond donors (Lipinski definition) is 2. The van der Waals surface area contributed by atoms with E-state index in [1.165, 1.54) is 6.92 Å². The summed E-state index contributed by atoms with van der Waals surface area (Å²) in [6.07, 6.45) is 1.61. The van der Waals surface area contributed by atoms with Gasteiger partial charge in [-0.3, -0.25) is 9.78 Å². The van der Waals surface area contributed by atoms with Crippen molar-refractivity contribution in [3.63, 3.8) is 0 Å². The summed E-state index contributed by atoms with van der Waals surface area (Å²) in [5, 5.41) is 11.6. The minimum Gasteiger partial charge on any atom is -0.506 e. The van der Waals surface area contributed by atoms with Crippen LogP contribution in [0.5, 0.6) is 5.75 Å². The average molecular weight is 226 g/mol. The van der Waals surface area contributed by atoms with Crippen LogP contribution in [-0.4, -0.2) is 20.9 Å². The molecule has 4 heteroatoms. The minimum absolute atomic E-state index is 0.0957. The van der Waals surface area contributed by atoms with Crippen LogP contribution in [0.4, 0.5) is 0 Å². The van der Waals surface area contributed by atoms with Gasteiger partial charge in [-0.25, -0.2) is 0 Å². The van der Waals surface area contributed by atoms with Crippen LogP contribution in [0.1, 0.15) is 17.4 Å². The largest absolute Gasteiger partial charge is 0.506 e. The summed E-state index contributed by atoms with van der Waals surface area (Å²) in [5.74, 6) is 0.0786. The number of phenolic OH excluding ortho intramolecular Hbond substituents is 1. The van der Waals surface area contributed by atoms with Gasteiger partial charge in [0.1, 0.15) is 11.4 Å². The summed E-state index contributed by atoms with van der Waals surface area (Å²) in [4.78, 5) is 18.6. The molecule has 0 amide bonds. The van der Waals surface area contributed by atoms with Gasteiger partial charge in [0.25, 0.3) is 0 Å². The maximum Gasteiger partial charge on any atom is 0.180 e. The van der Waals surface area contributed by atoms with Crippen LogP contribution < -0.4 is 0 Å². The highest BCUT2D eigenvalue weighted by molar-refractivity contribution is 6.14. The molecule has 2 N–H and O–H groups in total. The van der Waals surface area contributed by atoms with Crippen LogP contribution >= 0.6 is 0 Å². The van der Waals surface area contributed by atoms with E-state index in [9.17, 15) is 9.90 Å². The molecule has 0 aliphatic heterocycles. The quantitative estimate of drug-likeness (QED) is 0.627. The molecule has 84 valence electrons. The number of carbonyl (C=O) groups excluding carboxylic acids is 1. The smallest absolute Gasteiger partial charge is 0.180 e. The Morgan fingerprint density at radius 2 is 2.00 bits per heavy atom. The molecule has 17 heavy (non-hydrogen) atoms. The van der Waals surface area contributed by atoms with Crippen LogP contribution in [0.25, 0.3) is 21.8 Å². The first-order valence-corrected chi connectivity index (χ1v) is 5.28. The van der Waals surface area contributed by atoms with Crippen LogP contribution in [0.2, 0.25) is 0 Å². The minimum atomic E-state index is -0.0957. The number of para-hydroxylation sites is 1. The van der Waals surface area contributed by atoms with Gasteiger partial charge < -0.3 is 10.1 Å². The number of H-pyrrole nitrogens is 1. The van der Waals surface area contributed by atoms with Gasteiger partial charge >= 0.3 is 0 Å². The molecule has 1 aromatic carbocycles. The molecule has 0 unspecified atom stereocenters. The number of nitrogens with zero attached hydrogens (tertiary/aromatic N) is 1. The number of aromatic amines is 1. The number of Topliss-reactive ketones (excluding diaryl/α,β-unsaturated/α-hetero) is 1. The summed E-state index contributed by atoms with van der Waals surface area (Å²) < 4.78 is 0. The normalized spacial score (nSPS) is 11.1. The fourth-order valence-corrected chi connectivity index (χ4v) is 2.10. The number of carbonyl (C=O) groups is 1. The van der Waals surface area contributed by atoms with Gasteiger partial charge in [0.05, 0.1) is 11.0 Å². The molecular weight excluding hydrogens is 216 g/mol. The Kier molecular flexibility index (Phi) is 1.92. The predicted molar refractivity (Wildman–Crippen MR) is 65.3 cm³/mol. The number of nitrogens with one attached hydrogen (secondary N) is 1. The van der Waals surface area contributed by atoms with E-state index in [0.29, 0.717) is 16.7 Å². The van der Waals surface area contributed by atoms with Crippen molar-refractivity contribution in [2.75, 3.05) is 0 Å². The maximum absolute atomic E-state index is 11.5. The number of ketones is 1. The number of benzene rings is 1. The topological polar surface area (TPSA) is 66.0 Å². The first kappa shape index (κ1) is 9.84. The van der Waals surface area contributed by atoms with Gasteiger partial charge in [-0.1, -0.05) is 12.1 Å². The second kappa shape index (κ2) is 3.31. The molecule has 0 bridgehead atoms. The van der Waals surface area contributed by atoms with Gasteiger partial charge in [-0.15, -0.1) is 0 Å². The van der Waals surface area contributed by atoms with Crippen molar-refractivity contribution >= 4 is 27.6 Å². The fraction of sp³-hybridized carbons (Fsp3) is 0.0769. The molecule has 2 heterocycles. The molecule has 0 fully saturated rings. The number of fused-ring (bicyclic) bond motifs is 3. The lowest BCUT2D eigenvalue weighted by Crippen LogP contribution is -1.96. The highest BCUT2D eigenvalue weighted by atomic mass is 16.3. The van der Waals surface area contributed by atoms with E-state index in [1.807, 2.05) is 12.1 Å². The van der Waals surface area contributed by atoms with Crippen molar-refractivity contribution in [2.24, 2.45) is 0 Å². The third-order valence-electron chi connectivity index (χ3n) is 2.87. The second-order valence-corrected chi connectivity index (χ2v) is 3.96. The Bertz CT molecular complexity index is 744. The van der Waals surface area contributed by atoms with Crippen LogP contribution in [0.15, 0.2) is 30.5 Å². The molecule has 0 saturated heterocycles. The third kappa shape index (κ3) is 1.30. The van der Waals surface area contributed by atoms with Gasteiger partial charge in [-0.2, -0.15) is 0 Å². The van der Waals surface area contributed by atoms with E-state index in [-0.39, 0.29) is 11.5 Å². The molecule has 0 saturated carbocycles. The lowest BCUT2D eigenvalue weighted by molar-refractivity contribution is 0.101. The Morgan fingerprint density at radius 1 is 1.24 bits per heavy atom. The van der Waals surface area contributed by atoms with Crippen molar-refractivity contribution in [3.8, 4) is 5.75 Å². The van der Waals surface area contributed by atoms with Crippen molar-refractivity contribution in [1.82, 2.24) is 9.97 Å². The second-order valence-electron chi connectivity index (χ2n) is 3.96.